The van der Waals surface area contributed by atoms with Crippen LogP contribution < -0.4 is 19.9 Å². The number of ether oxygens (including phenoxy) is 2. The summed E-state index contributed by atoms with van der Waals surface area (Å²) in [5, 5.41) is 2.64. The highest BCUT2D eigenvalue weighted by Crippen LogP contribution is 2.26. The number of methoxy groups -OCH3 is 1. The molecular weight excluding hydrogens is 402 g/mol. The fourth-order valence-corrected chi connectivity index (χ4v) is 3.69. The second-order valence-corrected chi connectivity index (χ2v) is 7.24. The van der Waals surface area contributed by atoms with E-state index in [1.54, 1.807) is 37.5 Å². The lowest BCUT2D eigenvalue weighted by Crippen LogP contribution is -2.54. The summed E-state index contributed by atoms with van der Waals surface area (Å²) in [6.45, 7) is 3.10. The zero-order valence-electron chi connectivity index (χ0n) is 16.5. The Morgan fingerprint density at radius 2 is 1.80 bits per heavy atom. The van der Waals surface area contributed by atoms with E-state index in [1.165, 1.54) is 4.90 Å². The Bertz CT molecular complexity index is 1010. The molecule has 1 N–H and O–H groups in total. The van der Waals surface area contributed by atoms with Crippen LogP contribution in [-0.2, 0) is 14.3 Å². The van der Waals surface area contributed by atoms with Crippen LogP contribution in [0.1, 0.15) is 5.56 Å². The molecule has 2 aromatic rings. The van der Waals surface area contributed by atoms with Crippen LogP contribution in [0.5, 0.6) is 5.75 Å². The molecule has 2 heterocycles. The minimum atomic E-state index is -0.513. The van der Waals surface area contributed by atoms with Crippen molar-refractivity contribution in [3.8, 4) is 5.75 Å². The highest BCUT2D eigenvalue weighted by atomic mass is 32.1. The average molecular weight is 423 g/mol. The molecule has 30 heavy (non-hydrogen) atoms. The van der Waals surface area contributed by atoms with E-state index in [0.29, 0.717) is 24.7 Å². The molecule has 0 bridgehead atoms. The molecule has 2 aliphatic rings. The Labute approximate surface area is 179 Å². The first kappa shape index (κ1) is 20.1. The Morgan fingerprint density at radius 1 is 1.07 bits per heavy atom. The molecule has 2 aromatic carbocycles. The van der Waals surface area contributed by atoms with Crippen molar-refractivity contribution in [1.82, 2.24) is 5.32 Å². The van der Waals surface area contributed by atoms with Gasteiger partial charge in [-0.2, -0.15) is 0 Å². The van der Waals surface area contributed by atoms with E-state index in [1.807, 2.05) is 24.3 Å². The molecule has 2 aliphatic heterocycles. The zero-order chi connectivity index (χ0) is 21.1. The number of nitrogens with zero attached hydrogens (tertiary/aromatic N) is 2. The summed E-state index contributed by atoms with van der Waals surface area (Å²) in [5.74, 6) is -0.403. The Hall–Kier alpha value is -3.23. The van der Waals surface area contributed by atoms with Gasteiger partial charge in [0, 0.05) is 24.8 Å². The first-order valence-electron chi connectivity index (χ1n) is 9.55. The number of carbonyl (C=O) groups is 2. The summed E-state index contributed by atoms with van der Waals surface area (Å²) < 4.78 is 10.6. The number of hydrogen-bond acceptors (Lipinski definition) is 6. The van der Waals surface area contributed by atoms with Crippen LogP contribution in [-0.4, -0.2) is 50.3 Å². The van der Waals surface area contributed by atoms with E-state index in [4.69, 9.17) is 21.7 Å². The lowest BCUT2D eigenvalue weighted by Gasteiger charge is -2.29. The van der Waals surface area contributed by atoms with Crippen molar-refractivity contribution in [2.24, 2.45) is 0 Å². The number of hydrogen-bond donors (Lipinski definition) is 1. The summed E-state index contributed by atoms with van der Waals surface area (Å²) in [6.07, 6.45) is 1.58. The van der Waals surface area contributed by atoms with Crippen molar-refractivity contribution in [2.75, 3.05) is 43.2 Å². The van der Waals surface area contributed by atoms with Crippen molar-refractivity contribution in [2.45, 2.75) is 0 Å². The minimum absolute atomic E-state index is 0.0190. The second-order valence-electron chi connectivity index (χ2n) is 6.85. The quantitative estimate of drug-likeness (QED) is 0.463. The molecule has 0 atom stereocenters. The molecule has 0 saturated carbocycles. The second kappa shape index (κ2) is 8.64. The van der Waals surface area contributed by atoms with E-state index in [-0.39, 0.29) is 10.7 Å². The molecule has 0 aliphatic carbocycles. The lowest BCUT2D eigenvalue weighted by atomic mass is 10.1. The van der Waals surface area contributed by atoms with E-state index in [0.717, 1.165) is 24.3 Å². The maximum absolute atomic E-state index is 13.1. The van der Waals surface area contributed by atoms with Crippen molar-refractivity contribution in [1.29, 1.82) is 0 Å². The Kier molecular flexibility index (Phi) is 5.78. The molecule has 0 radical (unpaired) electrons. The molecule has 2 fully saturated rings. The van der Waals surface area contributed by atoms with Gasteiger partial charge in [0.1, 0.15) is 11.3 Å². The summed E-state index contributed by atoms with van der Waals surface area (Å²) in [4.78, 5) is 29.1. The van der Waals surface area contributed by atoms with Gasteiger partial charge in [0.05, 0.1) is 26.0 Å². The minimum Gasteiger partial charge on any atom is -0.497 e. The van der Waals surface area contributed by atoms with Crippen molar-refractivity contribution in [3.63, 3.8) is 0 Å². The van der Waals surface area contributed by atoms with E-state index in [9.17, 15) is 9.59 Å². The van der Waals surface area contributed by atoms with E-state index >= 15 is 0 Å². The molecule has 2 amide bonds. The van der Waals surface area contributed by atoms with E-state index < -0.39 is 11.8 Å². The van der Waals surface area contributed by atoms with Crippen molar-refractivity contribution >= 4 is 46.6 Å². The largest absolute Gasteiger partial charge is 0.497 e. The molecule has 154 valence electrons. The number of benzene rings is 2. The third-order valence-electron chi connectivity index (χ3n) is 4.99. The zero-order valence-corrected chi connectivity index (χ0v) is 17.3. The Balaban J connectivity index is 1.60. The van der Waals surface area contributed by atoms with Crippen LogP contribution in [0.2, 0.25) is 0 Å². The SMILES string of the molecule is COc1cccc(N2C(=O)C(=Cc3ccc(N4CCOCC4)cc3)C(=O)NC2=S)c1. The molecule has 0 spiro atoms. The van der Waals surface area contributed by atoms with Gasteiger partial charge < -0.3 is 14.4 Å². The number of thiocarbonyl (C=S) groups is 1. The number of rotatable bonds is 4. The molecule has 0 aromatic heterocycles. The standard InChI is InChI=1S/C22H21N3O4S/c1-28-18-4-2-3-17(14-18)25-21(27)19(20(26)23-22(25)30)13-15-5-7-16(8-6-15)24-9-11-29-12-10-24/h2-8,13-14H,9-12H2,1H3,(H,23,26,30). The number of amides is 2. The predicted octanol–water partition coefficient (Wildman–Crippen LogP) is 2.36. The van der Waals surface area contributed by atoms with Crippen molar-refractivity contribution < 1.29 is 19.1 Å². The summed E-state index contributed by atoms with van der Waals surface area (Å²) in [6, 6.07) is 14.7. The van der Waals surface area contributed by atoms with Gasteiger partial charge in [-0.1, -0.05) is 18.2 Å². The smallest absolute Gasteiger partial charge is 0.270 e. The van der Waals surface area contributed by atoms with Crippen molar-refractivity contribution in [3.05, 3.63) is 59.7 Å². The van der Waals surface area contributed by atoms with Gasteiger partial charge >= 0.3 is 0 Å². The predicted molar refractivity (Wildman–Crippen MR) is 119 cm³/mol. The van der Waals surface area contributed by atoms with Gasteiger partial charge in [0.15, 0.2) is 5.11 Å². The summed E-state index contributed by atoms with van der Waals surface area (Å²) in [5.41, 5.74) is 2.38. The highest BCUT2D eigenvalue weighted by Gasteiger charge is 2.34. The van der Waals surface area contributed by atoms with Gasteiger partial charge in [-0.15, -0.1) is 0 Å². The maximum atomic E-state index is 13.1. The lowest BCUT2D eigenvalue weighted by molar-refractivity contribution is -0.122. The normalized spacial score (nSPS) is 18.6. The van der Waals surface area contributed by atoms with Gasteiger partial charge in [0.2, 0.25) is 0 Å². The topological polar surface area (TPSA) is 71.1 Å². The summed E-state index contributed by atoms with van der Waals surface area (Å²) >= 11 is 5.24. The van der Waals surface area contributed by atoms with Crippen LogP contribution in [0.4, 0.5) is 11.4 Å². The molecule has 0 unspecified atom stereocenters. The third kappa shape index (κ3) is 4.05. The maximum Gasteiger partial charge on any atom is 0.270 e. The van der Waals surface area contributed by atoms with Crippen LogP contribution >= 0.6 is 12.2 Å². The fraction of sp³-hybridized carbons (Fsp3) is 0.227. The van der Waals surface area contributed by atoms with Gasteiger partial charge in [-0.25, -0.2) is 0 Å². The van der Waals surface area contributed by atoms with Gasteiger partial charge in [-0.3, -0.25) is 19.8 Å². The highest BCUT2D eigenvalue weighted by molar-refractivity contribution is 7.80. The average Bonchev–Trinajstić information content (AvgIpc) is 2.78. The molecule has 7 nitrogen and oxygen atoms in total. The number of carbonyl (C=O) groups excluding carboxylic acids is 2. The monoisotopic (exact) mass is 423 g/mol. The first-order chi connectivity index (χ1) is 14.6. The van der Waals surface area contributed by atoms with Crippen LogP contribution in [0.3, 0.4) is 0 Å². The summed E-state index contributed by atoms with van der Waals surface area (Å²) in [7, 11) is 1.54. The van der Waals surface area contributed by atoms with Gasteiger partial charge in [-0.05, 0) is 48.1 Å². The first-order valence-corrected chi connectivity index (χ1v) is 9.96. The number of anilines is 2. The number of nitrogens with one attached hydrogen (secondary N) is 1. The van der Waals surface area contributed by atoms with Crippen LogP contribution in [0.15, 0.2) is 54.1 Å². The fourth-order valence-electron chi connectivity index (χ4n) is 3.41. The number of morpholine rings is 1. The van der Waals surface area contributed by atoms with Crippen LogP contribution in [0, 0.1) is 0 Å². The molecular formula is C22H21N3O4S. The van der Waals surface area contributed by atoms with Crippen LogP contribution in [0.25, 0.3) is 6.08 Å². The van der Waals surface area contributed by atoms with Gasteiger partial charge in [0.25, 0.3) is 11.8 Å². The van der Waals surface area contributed by atoms with E-state index in [2.05, 4.69) is 10.2 Å². The molecule has 4 rings (SSSR count). The molecule has 2 saturated heterocycles. The third-order valence-corrected chi connectivity index (χ3v) is 5.28. The Morgan fingerprint density at radius 3 is 2.50 bits per heavy atom. The molecule has 8 heteroatoms.